The van der Waals surface area contributed by atoms with E-state index in [0.717, 1.165) is 0 Å². The van der Waals surface area contributed by atoms with Crippen molar-refractivity contribution in [2.75, 3.05) is 13.7 Å². The van der Waals surface area contributed by atoms with E-state index in [4.69, 9.17) is 23.7 Å². The van der Waals surface area contributed by atoms with Crippen LogP contribution in [0.1, 0.15) is 34.6 Å². The highest BCUT2D eigenvalue weighted by molar-refractivity contribution is 4.90. The summed E-state index contributed by atoms with van der Waals surface area (Å²) in [5.74, 6) is -0.910. The molecule has 5 heteroatoms. The first kappa shape index (κ1) is 14.2. The highest BCUT2D eigenvalue weighted by Crippen LogP contribution is 2.40. The minimum atomic E-state index is -0.595. The molecule has 4 atom stereocenters. The van der Waals surface area contributed by atoms with Crippen LogP contribution in [0.5, 0.6) is 0 Å². The molecule has 0 aromatic heterocycles. The van der Waals surface area contributed by atoms with Gasteiger partial charge in [0.15, 0.2) is 17.9 Å². The van der Waals surface area contributed by atoms with Crippen molar-refractivity contribution in [2.45, 2.75) is 64.7 Å². The van der Waals surface area contributed by atoms with Crippen LogP contribution in [0, 0.1) is 5.92 Å². The quantitative estimate of drug-likeness (QED) is 0.722. The molecule has 18 heavy (non-hydrogen) atoms. The first-order valence-corrected chi connectivity index (χ1v) is 6.44. The number of hydrogen-bond acceptors (Lipinski definition) is 5. The van der Waals surface area contributed by atoms with E-state index in [0.29, 0.717) is 6.61 Å². The first-order valence-electron chi connectivity index (χ1n) is 6.44. The van der Waals surface area contributed by atoms with Gasteiger partial charge in [-0.1, -0.05) is 6.92 Å². The number of hydrogen-bond donors (Lipinski definition) is 0. The molecule has 2 fully saturated rings. The van der Waals surface area contributed by atoms with Crippen LogP contribution in [0.2, 0.25) is 0 Å². The molecule has 0 unspecified atom stereocenters. The predicted molar refractivity (Wildman–Crippen MR) is 64.9 cm³/mol. The average Bonchev–Trinajstić information content (AvgIpc) is 2.71. The summed E-state index contributed by atoms with van der Waals surface area (Å²) in [4.78, 5) is 0. The smallest absolute Gasteiger partial charge is 0.187 e. The summed E-state index contributed by atoms with van der Waals surface area (Å²) in [7, 11) is 1.63. The zero-order valence-corrected chi connectivity index (χ0v) is 12.1. The zero-order chi connectivity index (χ0) is 13.6. The van der Waals surface area contributed by atoms with Crippen molar-refractivity contribution in [3.63, 3.8) is 0 Å². The lowest BCUT2D eigenvalue weighted by Gasteiger charge is -2.28. The molecule has 2 heterocycles. The molecule has 0 aliphatic carbocycles. The van der Waals surface area contributed by atoms with E-state index in [2.05, 4.69) is 6.92 Å². The molecule has 0 spiro atoms. The maximum atomic E-state index is 5.85. The van der Waals surface area contributed by atoms with Crippen LogP contribution in [0.15, 0.2) is 0 Å². The topological polar surface area (TPSA) is 46.2 Å². The molecule has 0 bridgehead atoms. The summed E-state index contributed by atoms with van der Waals surface area (Å²) in [5.41, 5.74) is 0. The summed E-state index contributed by atoms with van der Waals surface area (Å²) in [6.45, 7) is 10.1. The monoisotopic (exact) mass is 260 g/mol. The van der Waals surface area contributed by atoms with Gasteiger partial charge in [-0.15, -0.1) is 0 Å². The summed E-state index contributed by atoms with van der Waals surface area (Å²) < 4.78 is 28.3. The Labute approximate surface area is 109 Å². The van der Waals surface area contributed by atoms with Gasteiger partial charge < -0.3 is 23.7 Å². The van der Waals surface area contributed by atoms with Crippen LogP contribution in [0.4, 0.5) is 0 Å². The molecule has 0 amide bonds. The third kappa shape index (κ3) is 2.86. The third-order valence-electron chi connectivity index (χ3n) is 3.59. The van der Waals surface area contributed by atoms with Gasteiger partial charge in [-0.25, -0.2) is 0 Å². The Hall–Kier alpha value is -0.200. The second kappa shape index (κ2) is 4.72. The van der Waals surface area contributed by atoms with Crippen molar-refractivity contribution in [3.8, 4) is 0 Å². The molecule has 106 valence electrons. The van der Waals surface area contributed by atoms with Crippen molar-refractivity contribution >= 4 is 0 Å². The van der Waals surface area contributed by atoms with E-state index in [9.17, 15) is 0 Å². The van der Waals surface area contributed by atoms with Gasteiger partial charge in [0.1, 0.15) is 6.10 Å². The van der Waals surface area contributed by atoms with Gasteiger partial charge in [0.05, 0.1) is 12.7 Å². The standard InChI is InChI=1S/C13H24O5/c1-8-9(7-15-12(2,3)14-6)16-11-10(8)17-13(4,5)18-11/h8-11H,7H2,1-6H3/t8-,9+,10-,11-/m1/s1. The maximum Gasteiger partial charge on any atom is 0.187 e. The summed E-state index contributed by atoms with van der Waals surface area (Å²) in [6, 6.07) is 0. The SMILES string of the molecule is COC(C)(C)OC[C@@H]1O[C@@H]2OC(C)(C)O[C@@H]2[C@@H]1C. The number of rotatable bonds is 4. The molecule has 2 rings (SSSR count). The van der Waals surface area contributed by atoms with Gasteiger partial charge in [0.25, 0.3) is 0 Å². The molecule has 2 aliphatic rings. The van der Waals surface area contributed by atoms with Gasteiger partial charge in [0, 0.05) is 13.0 Å². The van der Waals surface area contributed by atoms with Crippen LogP contribution in [-0.2, 0) is 23.7 Å². The van der Waals surface area contributed by atoms with E-state index in [-0.39, 0.29) is 24.4 Å². The Kier molecular flexibility index (Phi) is 3.73. The highest BCUT2D eigenvalue weighted by Gasteiger charge is 2.53. The largest absolute Gasteiger partial charge is 0.354 e. The lowest BCUT2D eigenvalue weighted by Crippen LogP contribution is -2.35. The van der Waals surface area contributed by atoms with Crippen molar-refractivity contribution in [1.29, 1.82) is 0 Å². The second-order valence-corrected chi connectivity index (χ2v) is 5.92. The van der Waals surface area contributed by atoms with Crippen molar-refractivity contribution < 1.29 is 23.7 Å². The minimum absolute atomic E-state index is 0.0146. The van der Waals surface area contributed by atoms with E-state index in [1.54, 1.807) is 7.11 Å². The Balaban J connectivity index is 1.88. The van der Waals surface area contributed by atoms with E-state index in [1.807, 2.05) is 27.7 Å². The summed E-state index contributed by atoms with van der Waals surface area (Å²) in [5, 5.41) is 0. The van der Waals surface area contributed by atoms with E-state index < -0.39 is 11.6 Å². The molecule has 2 aliphatic heterocycles. The Morgan fingerprint density at radius 3 is 2.44 bits per heavy atom. The van der Waals surface area contributed by atoms with Crippen LogP contribution < -0.4 is 0 Å². The molecule has 0 N–H and O–H groups in total. The Bertz CT molecular complexity index is 302. The average molecular weight is 260 g/mol. The molecule has 2 saturated heterocycles. The van der Waals surface area contributed by atoms with Crippen molar-refractivity contribution in [2.24, 2.45) is 5.92 Å². The highest BCUT2D eigenvalue weighted by atomic mass is 16.8. The second-order valence-electron chi connectivity index (χ2n) is 5.92. The Morgan fingerprint density at radius 1 is 1.22 bits per heavy atom. The molecule has 5 nitrogen and oxygen atoms in total. The Morgan fingerprint density at radius 2 is 1.89 bits per heavy atom. The molecular weight excluding hydrogens is 236 g/mol. The lowest BCUT2D eigenvalue weighted by molar-refractivity contribution is -0.241. The van der Waals surface area contributed by atoms with Crippen LogP contribution >= 0.6 is 0 Å². The van der Waals surface area contributed by atoms with Crippen molar-refractivity contribution in [3.05, 3.63) is 0 Å². The normalized spacial score (nSPS) is 39.0. The van der Waals surface area contributed by atoms with Crippen LogP contribution in [0.3, 0.4) is 0 Å². The van der Waals surface area contributed by atoms with Crippen molar-refractivity contribution in [1.82, 2.24) is 0 Å². The van der Waals surface area contributed by atoms with Gasteiger partial charge in [-0.3, -0.25) is 0 Å². The zero-order valence-electron chi connectivity index (χ0n) is 12.1. The van der Waals surface area contributed by atoms with Gasteiger partial charge >= 0.3 is 0 Å². The number of methoxy groups -OCH3 is 1. The third-order valence-corrected chi connectivity index (χ3v) is 3.59. The molecule has 0 saturated carbocycles. The fraction of sp³-hybridized carbons (Fsp3) is 1.00. The summed E-state index contributed by atoms with van der Waals surface area (Å²) >= 11 is 0. The maximum absolute atomic E-state index is 5.85. The number of ether oxygens (including phenoxy) is 5. The van der Waals surface area contributed by atoms with Gasteiger partial charge in [-0.2, -0.15) is 0 Å². The van der Waals surface area contributed by atoms with Crippen LogP contribution in [-0.4, -0.2) is 43.8 Å². The lowest BCUT2D eigenvalue weighted by atomic mass is 10.0. The van der Waals surface area contributed by atoms with Gasteiger partial charge in [-0.05, 0) is 27.7 Å². The van der Waals surface area contributed by atoms with E-state index >= 15 is 0 Å². The molecular formula is C13H24O5. The number of fused-ring (bicyclic) bond motifs is 1. The molecule has 0 aromatic rings. The minimum Gasteiger partial charge on any atom is -0.354 e. The predicted octanol–water partition coefficient (Wildman–Crippen LogP) is 1.90. The van der Waals surface area contributed by atoms with Crippen LogP contribution in [0.25, 0.3) is 0 Å². The summed E-state index contributed by atoms with van der Waals surface area (Å²) in [6.07, 6.45) is -0.320. The fourth-order valence-electron chi connectivity index (χ4n) is 2.26. The fourth-order valence-corrected chi connectivity index (χ4v) is 2.26. The van der Waals surface area contributed by atoms with E-state index in [1.165, 1.54) is 0 Å². The molecule has 0 radical (unpaired) electrons. The van der Waals surface area contributed by atoms with Gasteiger partial charge in [0.2, 0.25) is 0 Å². The first-order chi connectivity index (χ1) is 8.24. The molecule has 0 aromatic carbocycles.